The van der Waals surface area contributed by atoms with Crippen molar-refractivity contribution in [2.24, 2.45) is 0 Å². The molecular formula is C35H31N2+. The molecule has 2 heteroatoms. The molecule has 0 bridgehead atoms. The predicted octanol–water partition coefficient (Wildman–Crippen LogP) is 8.77. The molecule has 7 rings (SSSR count). The highest BCUT2D eigenvalue weighted by Crippen LogP contribution is 2.55. The van der Waals surface area contributed by atoms with Gasteiger partial charge in [0.05, 0.1) is 12.0 Å². The fourth-order valence-corrected chi connectivity index (χ4v) is 6.91. The first-order valence-corrected chi connectivity index (χ1v) is 13.1. The summed E-state index contributed by atoms with van der Waals surface area (Å²) in [6.45, 7) is 6.77. The quantitative estimate of drug-likeness (QED) is 0.201. The van der Waals surface area contributed by atoms with Crippen LogP contribution in [0.25, 0.3) is 44.5 Å². The van der Waals surface area contributed by atoms with Crippen molar-refractivity contribution in [2.75, 3.05) is 19.0 Å². The fourth-order valence-electron chi connectivity index (χ4n) is 6.91. The second-order valence-electron chi connectivity index (χ2n) is 10.7. The van der Waals surface area contributed by atoms with Gasteiger partial charge >= 0.3 is 0 Å². The molecule has 0 amide bonds. The highest BCUT2D eigenvalue weighted by atomic mass is 15.2. The van der Waals surface area contributed by atoms with E-state index < -0.39 is 0 Å². The number of benzene rings is 4. The summed E-state index contributed by atoms with van der Waals surface area (Å²) in [4.78, 5) is 2.44. The van der Waals surface area contributed by atoms with Crippen LogP contribution in [0.4, 0.5) is 11.4 Å². The van der Waals surface area contributed by atoms with Gasteiger partial charge in [-0.25, -0.2) is 0 Å². The molecule has 0 aromatic heterocycles. The molecule has 4 aromatic rings. The minimum absolute atomic E-state index is 0.969. The van der Waals surface area contributed by atoms with E-state index in [1.165, 1.54) is 84.0 Å². The number of hydrogen-bond acceptors (Lipinski definition) is 1. The molecule has 0 spiro atoms. The van der Waals surface area contributed by atoms with Crippen LogP contribution in [-0.2, 0) is 0 Å². The van der Waals surface area contributed by atoms with Gasteiger partial charge in [-0.2, -0.15) is 4.58 Å². The van der Waals surface area contributed by atoms with E-state index in [0.29, 0.717) is 0 Å². The van der Waals surface area contributed by atoms with Crippen molar-refractivity contribution in [1.82, 2.24) is 0 Å². The molecule has 1 heterocycles. The third-order valence-electron chi connectivity index (χ3n) is 8.35. The van der Waals surface area contributed by atoms with Crippen molar-refractivity contribution in [3.8, 4) is 44.5 Å². The lowest BCUT2D eigenvalue weighted by molar-refractivity contribution is -0.405. The van der Waals surface area contributed by atoms with Crippen molar-refractivity contribution in [1.29, 1.82) is 0 Å². The Bertz CT molecular complexity index is 1750. The third-order valence-corrected chi connectivity index (χ3v) is 8.35. The number of nitrogens with zero attached hydrogens (tertiary/aromatic N) is 2. The third kappa shape index (κ3) is 3.02. The maximum Gasteiger partial charge on any atom is 0.238 e. The van der Waals surface area contributed by atoms with Crippen LogP contribution in [0.3, 0.4) is 0 Å². The predicted molar refractivity (Wildman–Crippen MR) is 157 cm³/mol. The Labute approximate surface area is 219 Å². The zero-order valence-corrected chi connectivity index (χ0v) is 22.2. The Morgan fingerprint density at radius 3 is 1.73 bits per heavy atom. The van der Waals surface area contributed by atoms with Gasteiger partial charge in [-0.3, -0.25) is 0 Å². The van der Waals surface area contributed by atoms with E-state index >= 15 is 0 Å². The summed E-state index contributed by atoms with van der Waals surface area (Å²) >= 11 is 0. The maximum absolute atomic E-state index is 2.49. The SMILES string of the molecule is CC1=CC(C)=C2C(=[N+](C)c3c4c(cc(C)c3N2C)-c2ccccc2-c2ccccc2-c2ccccc2-4)C1. The molecule has 2 aliphatic carbocycles. The second-order valence-corrected chi connectivity index (χ2v) is 10.7. The van der Waals surface area contributed by atoms with Crippen LogP contribution < -0.4 is 4.90 Å². The Hall–Kier alpha value is -4.17. The summed E-state index contributed by atoms with van der Waals surface area (Å²) < 4.78 is 2.49. The number of rotatable bonds is 0. The van der Waals surface area contributed by atoms with Gasteiger partial charge in [0.15, 0.2) is 0 Å². The van der Waals surface area contributed by atoms with E-state index in [1.807, 2.05) is 0 Å². The monoisotopic (exact) mass is 479 g/mol. The van der Waals surface area contributed by atoms with Gasteiger partial charge in [-0.05, 0) is 76.9 Å². The Balaban J connectivity index is 1.69. The molecule has 0 N–H and O–H groups in total. The Morgan fingerprint density at radius 1 is 0.676 bits per heavy atom. The van der Waals surface area contributed by atoms with E-state index in [1.54, 1.807) is 0 Å². The molecule has 4 aromatic carbocycles. The molecule has 3 aliphatic rings. The van der Waals surface area contributed by atoms with Crippen molar-refractivity contribution in [3.05, 3.63) is 107 Å². The highest BCUT2D eigenvalue weighted by molar-refractivity contribution is 6.12. The van der Waals surface area contributed by atoms with Gasteiger partial charge in [0.25, 0.3) is 0 Å². The minimum atomic E-state index is 0.969. The van der Waals surface area contributed by atoms with Gasteiger partial charge in [-0.1, -0.05) is 84.4 Å². The molecule has 0 saturated heterocycles. The number of fused-ring (bicyclic) bond motifs is 11. The first-order valence-electron chi connectivity index (χ1n) is 13.1. The van der Waals surface area contributed by atoms with E-state index in [-0.39, 0.29) is 0 Å². The number of allylic oxidation sites excluding steroid dienone is 4. The standard InChI is InChI=1S/C35H31N2/c1-21-18-22(2)33-31(19-21)36(4)35-32-29-17-11-10-15-27(29)25-13-7-6-12-24(25)26-14-8-9-16-28(26)30(32)20-23(3)34(35)37(33)5/h6-18,20H,19H2,1-5H3/q+1. The van der Waals surface area contributed by atoms with E-state index in [4.69, 9.17) is 0 Å². The highest BCUT2D eigenvalue weighted by Gasteiger charge is 2.40. The van der Waals surface area contributed by atoms with Crippen molar-refractivity contribution < 1.29 is 4.58 Å². The summed E-state index contributed by atoms with van der Waals surface area (Å²) in [7, 11) is 4.52. The zero-order valence-electron chi connectivity index (χ0n) is 22.2. The van der Waals surface area contributed by atoms with Gasteiger partial charge in [0.1, 0.15) is 18.4 Å². The molecule has 0 radical (unpaired) electrons. The summed E-state index contributed by atoms with van der Waals surface area (Å²) in [5.74, 6) is 0. The lowest BCUT2D eigenvalue weighted by Crippen LogP contribution is -2.36. The first-order chi connectivity index (χ1) is 18.0. The molecule has 0 atom stereocenters. The van der Waals surface area contributed by atoms with Crippen LogP contribution in [0.15, 0.2) is 102 Å². The number of hydrogen-bond donors (Lipinski definition) is 0. The lowest BCUT2D eigenvalue weighted by Gasteiger charge is -2.35. The summed E-state index contributed by atoms with van der Waals surface area (Å²) in [6.07, 6.45) is 3.32. The van der Waals surface area contributed by atoms with E-state index in [0.717, 1.165) is 6.42 Å². The average Bonchev–Trinajstić information content (AvgIpc) is 2.90. The zero-order chi connectivity index (χ0) is 25.4. The summed E-state index contributed by atoms with van der Waals surface area (Å²) in [6, 6.07) is 29.2. The normalized spacial score (nSPS) is 15.5. The molecule has 2 nitrogen and oxygen atoms in total. The molecule has 37 heavy (non-hydrogen) atoms. The average molecular weight is 480 g/mol. The molecule has 0 fully saturated rings. The molecule has 0 saturated carbocycles. The topological polar surface area (TPSA) is 6.25 Å². The van der Waals surface area contributed by atoms with E-state index in [2.05, 4.69) is 129 Å². The molecule has 0 unspecified atom stereocenters. The van der Waals surface area contributed by atoms with Crippen molar-refractivity contribution in [3.63, 3.8) is 0 Å². The van der Waals surface area contributed by atoms with Crippen molar-refractivity contribution in [2.45, 2.75) is 27.2 Å². The summed E-state index contributed by atoms with van der Waals surface area (Å²) in [5, 5.41) is 0. The molecule has 180 valence electrons. The van der Waals surface area contributed by atoms with Crippen molar-refractivity contribution >= 4 is 17.1 Å². The van der Waals surface area contributed by atoms with Crippen LogP contribution in [0.1, 0.15) is 25.8 Å². The number of aryl methyl sites for hydroxylation is 1. The van der Waals surface area contributed by atoms with Crippen LogP contribution >= 0.6 is 0 Å². The van der Waals surface area contributed by atoms with Crippen LogP contribution in [-0.4, -0.2) is 24.4 Å². The minimum Gasteiger partial charge on any atom is -0.334 e. The van der Waals surface area contributed by atoms with Crippen LogP contribution in [0.2, 0.25) is 0 Å². The Kier molecular flexibility index (Phi) is 4.72. The maximum atomic E-state index is 2.49. The largest absolute Gasteiger partial charge is 0.334 e. The van der Waals surface area contributed by atoms with Crippen LogP contribution in [0.5, 0.6) is 0 Å². The van der Waals surface area contributed by atoms with Gasteiger partial charge in [0, 0.05) is 7.05 Å². The molecule has 1 aliphatic heterocycles. The van der Waals surface area contributed by atoms with Gasteiger partial charge < -0.3 is 4.90 Å². The second kappa shape index (κ2) is 7.91. The van der Waals surface area contributed by atoms with Gasteiger partial charge in [-0.15, -0.1) is 0 Å². The lowest BCUT2D eigenvalue weighted by atomic mass is 9.78. The smallest absolute Gasteiger partial charge is 0.238 e. The number of anilines is 1. The fraction of sp³-hybridized carbons (Fsp3) is 0.171. The molecular weight excluding hydrogens is 448 g/mol. The first kappa shape index (κ1) is 22.1. The van der Waals surface area contributed by atoms with E-state index in [9.17, 15) is 0 Å². The van der Waals surface area contributed by atoms with Gasteiger partial charge in [0.2, 0.25) is 11.4 Å². The van der Waals surface area contributed by atoms with Crippen LogP contribution in [0, 0.1) is 6.92 Å². The summed E-state index contributed by atoms with van der Waals surface area (Å²) in [5.41, 5.74) is 19.8. The Morgan fingerprint density at radius 2 is 1.16 bits per heavy atom.